The van der Waals surface area contributed by atoms with E-state index in [0.717, 1.165) is 5.69 Å². The zero-order valence-electron chi connectivity index (χ0n) is 34.0. The van der Waals surface area contributed by atoms with Crippen molar-refractivity contribution in [2.45, 2.75) is 19.3 Å². The topological polar surface area (TPSA) is 8.17 Å². The van der Waals surface area contributed by atoms with Gasteiger partial charge in [0.05, 0.1) is 22.4 Å². The molecule has 0 saturated heterocycles. The van der Waals surface area contributed by atoms with E-state index in [-0.39, 0.29) is 5.41 Å². The molecule has 1 aromatic heterocycles. The fourth-order valence-corrected chi connectivity index (χ4v) is 10.8. The van der Waals surface area contributed by atoms with Crippen LogP contribution in [0, 0.1) is 0 Å². The zero-order valence-corrected chi connectivity index (χ0v) is 34.0. The molecule has 0 spiro atoms. The number of fused-ring (bicyclic) bond motifs is 14. The van der Waals surface area contributed by atoms with Gasteiger partial charge in [0, 0.05) is 27.6 Å². The molecule has 0 fully saturated rings. The van der Waals surface area contributed by atoms with Crippen molar-refractivity contribution in [1.82, 2.24) is 4.57 Å². The second-order valence-electron chi connectivity index (χ2n) is 17.3. The first-order chi connectivity index (χ1) is 30.0. The van der Waals surface area contributed by atoms with Crippen LogP contribution in [0.3, 0.4) is 0 Å². The summed E-state index contributed by atoms with van der Waals surface area (Å²) < 4.78 is 2.42. The molecule has 0 N–H and O–H groups in total. The van der Waals surface area contributed by atoms with E-state index in [1.807, 2.05) is 0 Å². The van der Waals surface area contributed by atoms with E-state index < -0.39 is 0 Å². The Hall–Kier alpha value is -7.68. The molecule has 1 aliphatic heterocycles. The molecule has 0 atom stereocenters. The summed E-state index contributed by atoms with van der Waals surface area (Å²) in [7, 11) is 0. The first-order valence-corrected chi connectivity index (χ1v) is 21.3. The fraction of sp³-hybridized carbons (Fsp3) is 0.0508. The monoisotopic (exact) mass is 776 g/mol. The van der Waals surface area contributed by atoms with Crippen LogP contribution in [-0.2, 0) is 5.41 Å². The third-order valence-corrected chi connectivity index (χ3v) is 13.7. The normalized spacial score (nSPS) is 13.5. The number of hydrogen-bond donors (Lipinski definition) is 0. The summed E-state index contributed by atoms with van der Waals surface area (Å²) in [5.74, 6) is 0. The minimum atomic E-state index is -0.288. The van der Waals surface area contributed by atoms with Crippen molar-refractivity contribution in [1.29, 1.82) is 0 Å². The van der Waals surface area contributed by atoms with Crippen LogP contribution in [0.2, 0.25) is 0 Å². The number of rotatable bonds is 3. The van der Waals surface area contributed by atoms with E-state index in [9.17, 15) is 0 Å². The molecule has 2 nitrogen and oxygen atoms in total. The molecular formula is C59H40N2. The summed E-state index contributed by atoms with van der Waals surface area (Å²) in [5.41, 5.74) is 12.0. The molecule has 0 amide bonds. The SMILES string of the molecule is CC1(C)c2cc(-c3ccc4c(c3)c3cc5ccccc5cc3n4-c3ccccc3)ccc2N(c2ccc3c4ccccc4c4ccccc4c3c2)c2ccc3ccccc3c21. The van der Waals surface area contributed by atoms with Crippen molar-refractivity contribution in [3.05, 3.63) is 217 Å². The van der Waals surface area contributed by atoms with E-state index in [2.05, 4.69) is 230 Å². The lowest BCUT2D eigenvalue weighted by Crippen LogP contribution is -2.31. The maximum Gasteiger partial charge on any atom is 0.0547 e. The van der Waals surface area contributed by atoms with Crippen molar-refractivity contribution in [2.24, 2.45) is 0 Å². The van der Waals surface area contributed by atoms with Crippen LogP contribution in [0.1, 0.15) is 25.0 Å². The van der Waals surface area contributed by atoms with Gasteiger partial charge in [-0.3, -0.25) is 0 Å². The summed E-state index contributed by atoms with van der Waals surface area (Å²) in [6.45, 7) is 4.83. The molecular weight excluding hydrogens is 737 g/mol. The largest absolute Gasteiger partial charge is 0.310 e. The third kappa shape index (κ3) is 4.91. The highest BCUT2D eigenvalue weighted by Gasteiger charge is 2.38. The van der Waals surface area contributed by atoms with Gasteiger partial charge in [0.15, 0.2) is 0 Å². The highest BCUT2D eigenvalue weighted by atomic mass is 15.2. The van der Waals surface area contributed by atoms with Gasteiger partial charge in [-0.2, -0.15) is 0 Å². The van der Waals surface area contributed by atoms with Gasteiger partial charge in [-0.1, -0.05) is 153 Å². The Labute approximate surface area is 354 Å². The first kappa shape index (κ1) is 34.2. The summed E-state index contributed by atoms with van der Waals surface area (Å²) in [5, 5.41) is 15.3. The van der Waals surface area contributed by atoms with Crippen molar-refractivity contribution in [3.63, 3.8) is 0 Å². The molecule has 13 rings (SSSR count). The number of hydrogen-bond acceptors (Lipinski definition) is 1. The molecule has 2 heteroatoms. The Bertz CT molecular complexity index is 3760. The summed E-state index contributed by atoms with van der Waals surface area (Å²) in [6, 6.07) is 76.8. The third-order valence-electron chi connectivity index (χ3n) is 13.7. The number of benzene rings is 11. The lowest BCUT2D eigenvalue weighted by molar-refractivity contribution is 0.638. The smallest absolute Gasteiger partial charge is 0.0547 e. The second kappa shape index (κ2) is 12.7. The molecule has 11 aromatic carbocycles. The van der Waals surface area contributed by atoms with Crippen molar-refractivity contribution < 1.29 is 0 Å². The Kier molecular flexibility index (Phi) is 7.10. The van der Waals surface area contributed by atoms with E-state index >= 15 is 0 Å². The molecule has 0 bridgehead atoms. The van der Waals surface area contributed by atoms with Gasteiger partial charge in [0.1, 0.15) is 0 Å². The zero-order chi connectivity index (χ0) is 40.4. The van der Waals surface area contributed by atoms with Gasteiger partial charge in [-0.05, 0) is 143 Å². The van der Waals surface area contributed by atoms with Crippen LogP contribution in [-0.4, -0.2) is 4.57 Å². The number of para-hydroxylation sites is 1. The number of nitrogens with zero attached hydrogens (tertiary/aromatic N) is 2. The molecule has 12 aromatic rings. The summed E-state index contributed by atoms with van der Waals surface area (Å²) >= 11 is 0. The van der Waals surface area contributed by atoms with Gasteiger partial charge < -0.3 is 9.47 Å². The predicted molar refractivity (Wildman–Crippen MR) is 261 cm³/mol. The maximum atomic E-state index is 2.53. The van der Waals surface area contributed by atoms with Gasteiger partial charge in [0.2, 0.25) is 0 Å². The van der Waals surface area contributed by atoms with Gasteiger partial charge >= 0.3 is 0 Å². The number of aromatic nitrogens is 1. The van der Waals surface area contributed by atoms with Crippen LogP contribution in [0.25, 0.3) is 92.5 Å². The van der Waals surface area contributed by atoms with E-state index in [1.54, 1.807) is 0 Å². The van der Waals surface area contributed by atoms with Crippen molar-refractivity contribution in [3.8, 4) is 16.8 Å². The van der Waals surface area contributed by atoms with Crippen LogP contribution < -0.4 is 4.90 Å². The van der Waals surface area contributed by atoms with Gasteiger partial charge in [-0.25, -0.2) is 0 Å². The summed E-state index contributed by atoms with van der Waals surface area (Å²) in [4.78, 5) is 2.53. The van der Waals surface area contributed by atoms with Crippen LogP contribution >= 0.6 is 0 Å². The average molecular weight is 777 g/mol. The lowest BCUT2D eigenvalue weighted by Gasteiger charge is -2.43. The molecule has 2 heterocycles. The number of anilines is 3. The minimum absolute atomic E-state index is 0.288. The van der Waals surface area contributed by atoms with Crippen molar-refractivity contribution in [2.75, 3.05) is 4.90 Å². The predicted octanol–water partition coefficient (Wildman–Crippen LogP) is 16.3. The van der Waals surface area contributed by atoms with Gasteiger partial charge in [-0.15, -0.1) is 0 Å². The van der Waals surface area contributed by atoms with E-state index in [1.165, 1.54) is 115 Å². The fourth-order valence-electron chi connectivity index (χ4n) is 10.8. The lowest BCUT2D eigenvalue weighted by atomic mass is 9.71. The Morgan fingerprint density at radius 1 is 0.328 bits per heavy atom. The van der Waals surface area contributed by atoms with Crippen LogP contribution in [0.15, 0.2) is 206 Å². The molecule has 0 unspecified atom stereocenters. The maximum absolute atomic E-state index is 2.53. The molecule has 286 valence electrons. The molecule has 61 heavy (non-hydrogen) atoms. The standard InChI is InChI=1S/C59H40N2/c1-59(2)53-34-41(40-25-29-54-51(33-40)52-32-38-15-6-7-16-39(38)35-57(52)60(54)42-17-4-3-5-18-42)26-30-55(53)61(56-31-24-37-14-8-9-19-44(37)58(56)59)43-27-28-49-47-22-11-10-20-45(47)46-21-12-13-23-48(46)50(49)36-43/h3-36H,1-2H3. The Balaban J connectivity index is 1.05. The summed E-state index contributed by atoms with van der Waals surface area (Å²) in [6.07, 6.45) is 0. The second-order valence-corrected chi connectivity index (χ2v) is 17.3. The molecule has 0 radical (unpaired) electrons. The van der Waals surface area contributed by atoms with Crippen LogP contribution in [0.4, 0.5) is 17.1 Å². The Morgan fingerprint density at radius 3 is 1.62 bits per heavy atom. The molecule has 0 aliphatic carbocycles. The van der Waals surface area contributed by atoms with E-state index in [0.29, 0.717) is 0 Å². The molecule has 0 saturated carbocycles. The minimum Gasteiger partial charge on any atom is -0.310 e. The van der Waals surface area contributed by atoms with Crippen molar-refractivity contribution >= 4 is 92.7 Å². The first-order valence-electron chi connectivity index (χ1n) is 21.3. The average Bonchev–Trinajstić information content (AvgIpc) is 3.63. The highest BCUT2D eigenvalue weighted by molar-refractivity contribution is 6.26. The quantitative estimate of drug-likeness (QED) is 0.162. The highest BCUT2D eigenvalue weighted by Crippen LogP contribution is 2.55. The van der Waals surface area contributed by atoms with E-state index in [4.69, 9.17) is 0 Å². The van der Waals surface area contributed by atoms with Gasteiger partial charge in [0.25, 0.3) is 0 Å². The Morgan fingerprint density at radius 2 is 0.885 bits per heavy atom. The van der Waals surface area contributed by atoms with Crippen LogP contribution in [0.5, 0.6) is 0 Å². The molecule has 1 aliphatic rings.